The monoisotopic (exact) mass is 391 g/mol. The molecule has 1 saturated heterocycles. The number of rotatable bonds is 4. The molecule has 1 heterocycles. The molecule has 1 aliphatic heterocycles. The zero-order valence-corrected chi connectivity index (χ0v) is 14.7. The van der Waals surface area contributed by atoms with E-state index in [1.165, 1.54) is 12.1 Å². The summed E-state index contributed by atoms with van der Waals surface area (Å²) in [7, 11) is 0. The van der Waals surface area contributed by atoms with Crippen molar-refractivity contribution in [2.75, 3.05) is 13.1 Å². The van der Waals surface area contributed by atoms with Crippen LogP contribution in [0.5, 0.6) is 0 Å². The van der Waals surface area contributed by atoms with Gasteiger partial charge in [0.2, 0.25) is 0 Å². The van der Waals surface area contributed by atoms with Crippen molar-refractivity contribution in [1.29, 1.82) is 0 Å². The molecular weight excluding hydrogens is 373 g/mol. The molecule has 5 heteroatoms. The Kier molecular flexibility index (Phi) is 5.31. The van der Waals surface area contributed by atoms with Crippen molar-refractivity contribution in [3.8, 4) is 0 Å². The van der Waals surface area contributed by atoms with E-state index >= 15 is 0 Å². The Morgan fingerprint density at radius 2 is 1.71 bits per heavy atom. The lowest BCUT2D eigenvalue weighted by Crippen LogP contribution is -2.41. The number of carboxylic acid groups (broad SMARTS) is 1. The standard InChI is InChI=1S/C19H19BrFNO2/c20-16-7-3-13(4-8-16)18(14-5-9-17(21)10-6-14)22-11-1-2-15(12-22)19(23)24/h3-10,15,18H,1-2,11-12H2,(H,23,24). The van der Waals surface area contributed by atoms with Crippen LogP contribution in [-0.2, 0) is 4.79 Å². The second-order valence-electron chi connectivity index (χ2n) is 6.18. The summed E-state index contributed by atoms with van der Waals surface area (Å²) < 4.78 is 14.3. The van der Waals surface area contributed by atoms with Crippen molar-refractivity contribution in [2.45, 2.75) is 18.9 Å². The first-order chi connectivity index (χ1) is 11.5. The fraction of sp³-hybridized carbons (Fsp3) is 0.316. The molecule has 0 saturated carbocycles. The highest BCUT2D eigenvalue weighted by Crippen LogP contribution is 2.33. The van der Waals surface area contributed by atoms with Gasteiger partial charge < -0.3 is 5.11 Å². The van der Waals surface area contributed by atoms with Crippen LogP contribution < -0.4 is 0 Å². The van der Waals surface area contributed by atoms with Crippen LogP contribution in [0.15, 0.2) is 53.0 Å². The van der Waals surface area contributed by atoms with Gasteiger partial charge in [-0.3, -0.25) is 9.69 Å². The van der Waals surface area contributed by atoms with Crippen molar-refractivity contribution in [3.63, 3.8) is 0 Å². The van der Waals surface area contributed by atoms with E-state index < -0.39 is 5.97 Å². The Balaban J connectivity index is 1.96. The van der Waals surface area contributed by atoms with Gasteiger partial charge in [-0.05, 0) is 54.8 Å². The molecule has 3 rings (SSSR count). The highest BCUT2D eigenvalue weighted by Gasteiger charge is 2.31. The van der Waals surface area contributed by atoms with Crippen molar-refractivity contribution in [2.24, 2.45) is 5.92 Å². The zero-order chi connectivity index (χ0) is 17.1. The largest absolute Gasteiger partial charge is 0.481 e. The van der Waals surface area contributed by atoms with Gasteiger partial charge in [-0.1, -0.05) is 40.2 Å². The topological polar surface area (TPSA) is 40.5 Å². The molecule has 1 N–H and O–H groups in total. The van der Waals surface area contributed by atoms with Gasteiger partial charge in [0.15, 0.2) is 0 Å². The normalized spacial score (nSPS) is 19.8. The molecule has 0 radical (unpaired) electrons. The van der Waals surface area contributed by atoms with Crippen molar-refractivity contribution in [3.05, 3.63) is 69.9 Å². The minimum Gasteiger partial charge on any atom is -0.481 e. The first-order valence-electron chi connectivity index (χ1n) is 8.02. The third-order valence-corrected chi connectivity index (χ3v) is 5.07. The van der Waals surface area contributed by atoms with Gasteiger partial charge in [-0.2, -0.15) is 0 Å². The molecule has 24 heavy (non-hydrogen) atoms. The summed E-state index contributed by atoms with van der Waals surface area (Å²) in [6, 6.07) is 14.4. The average molecular weight is 392 g/mol. The van der Waals surface area contributed by atoms with E-state index in [4.69, 9.17) is 0 Å². The van der Waals surface area contributed by atoms with Gasteiger partial charge in [0.25, 0.3) is 0 Å². The van der Waals surface area contributed by atoms with Gasteiger partial charge in [0.1, 0.15) is 5.82 Å². The number of nitrogens with zero attached hydrogens (tertiary/aromatic N) is 1. The first-order valence-corrected chi connectivity index (χ1v) is 8.81. The molecule has 3 nitrogen and oxygen atoms in total. The summed E-state index contributed by atoms with van der Waals surface area (Å²) in [6.45, 7) is 1.34. The maximum Gasteiger partial charge on any atom is 0.307 e. The van der Waals surface area contributed by atoms with Gasteiger partial charge in [0, 0.05) is 11.0 Å². The van der Waals surface area contributed by atoms with Crippen molar-refractivity contribution < 1.29 is 14.3 Å². The molecular formula is C19H19BrFNO2. The Morgan fingerprint density at radius 3 is 2.29 bits per heavy atom. The fourth-order valence-corrected chi connectivity index (χ4v) is 3.61. The lowest BCUT2D eigenvalue weighted by Gasteiger charge is -2.37. The minimum absolute atomic E-state index is 0.0687. The van der Waals surface area contributed by atoms with Crippen LogP contribution in [0.4, 0.5) is 4.39 Å². The molecule has 0 aliphatic carbocycles. The van der Waals surface area contributed by atoms with Crippen LogP contribution in [0.2, 0.25) is 0 Å². The number of likely N-dealkylation sites (tertiary alicyclic amines) is 1. The van der Waals surface area contributed by atoms with Crippen LogP contribution in [0.25, 0.3) is 0 Å². The Labute approximate surface area is 149 Å². The highest BCUT2D eigenvalue weighted by molar-refractivity contribution is 9.10. The third kappa shape index (κ3) is 3.84. The molecule has 2 unspecified atom stereocenters. The number of aliphatic carboxylic acids is 1. The summed E-state index contributed by atoms with van der Waals surface area (Å²) in [5.74, 6) is -1.36. The predicted octanol–water partition coefficient (Wildman–Crippen LogP) is 4.47. The van der Waals surface area contributed by atoms with Gasteiger partial charge in [-0.25, -0.2) is 4.39 Å². The average Bonchev–Trinajstić information content (AvgIpc) is 2.59. The quantitative estimate of drug-likeness (QED) is 0.835. The van der Waals surface area contributed by atoms with E-state index in [1.807, 2.05) is 24.3 Å². The van der Waals surface area contributed by atoms with Gasteiger partial charge in [-0.15, -0.1) is 0 Å². The van der Waals surface area contributed by atoms with Gasteiger partial charge >= 0.3 is 5.97 Å². The first kappa shape index (κ1) is 17.1. The molecule has 0 bridgehead atoms. The second-order valence-corrected chi connectivity index (χ2v) is 7.09. The number of carbonyl (C=O) groups is 1. The van der Waals surface area contributed by atoms with E-state index in [2.05, 4.69) is 20.8 Å². The molecule has 0 spiro atoms. The van der Waals surface area contributed by atoms with E-state index in [0.717, 1.165) is 28.6 Å². The van der Waals surface area contributed by atoms with E-state index in [-0.39, 0.29) is 17.8 Å². The maximum atomic E-state index is 13.3. The van der Waals surface area contributed by atoms with Crippen LogP contribution in [0.1, 0.15) is 30.0 Å². The molecule has 1 aliphatic rings. The summed E-state index contributed by atoms with van der Waals surface area (Å²) in [6.07, 6.45) is 1.56. The van der Waals surface area contributed by atoms with Gasteiger partial charge in [0.05, 0.1) is 12.0 Å². The number of benzene rings is 2. The lowest BCUT2D eigenvalue weighted by molar-refractivity contribution is -0.143. The van der Waals surface area contributed by atoms with Crippen LogP contribution in [0, 0.1) is 11.7 Å². The smallest absolute Gasteiger partial charge is 0.307 e. The Hall–Kier alpha value is -1.72. The van der Waals surface area contributed by atoms with E-state index in [0.29, 0.717) is 13.0 Å². The van der Waals surface area contributed by atoms with Crippen molar-refractivity contribution >= 4 is 21.9 Å². The molecule has 2 atom stereocenters. The molecule has 0 aromatic heterocycles. The lowest BCUT2D eigenvalue weighted by atomic mass is 9.91. The number of halogens is 2. The molecule has 0 amide bonds. The summed E-state index contributed by atoms with van der Waals surface area (Å²) in [5, 5.41) is 9.37. The zero-order valence-electron chi connectivity index (χ0n) is 13.2. The second kappa shape index (κ2) is 7.45. The van der Waals surface area contributed by atoms with Crippen molar-refractivity contribution in [1.82, 2.24) is 4.90 Å². The Morgan fingerprint density at radius 1 is 1.12 bits per heavy atom. The third-order valence-electron chi connectivity index (χ3n) is 4.54. The Bertz CT molecular complexity index is 657. The number of hydrogen-bond donors (Lipinski definition) is 1. The predicted molar refractivity (Wildman–Crippen MR) is 94.3 cm³/mol. The minimum atomic E-state index is -0.742. The summed E-state index contributed by atoms with van der Waals surface area (Å²) >= 11 is 3.44. The van der Waals surface area contributed by atoms with Crippen LogP contribution >= 0.6 is 15.9 Å². The molecule has 1 fully saturated rings. The van der Waals surface area contributed by atoms with E-state index in [9.17, 15) is 14.3 Å². The summed E-state index contributed by atoms with van der Waals surface area (Å²) in [5.41, 5.74) is 2.06. The maximum absolute atomic E-state index is 13.3. The number of hydrogen-bond acceptors (Lipinski definition) is 2. The van der Waals surface area contributed by atoms with Crippen LogP contribution in [-0.4, -0.2) is 29.1 Å². The fourth-order valence-electron chi connectivity index (χ4n) is 3.35. The molecule has 2 aromatic carbocycles. The summed E-state index contributed by atoms with van der Waals surface area (Å²) in [4.78, 5) is 13.6. The van der Waals surface area contributed by atoms with Crippen LogP contribution in [0.3, 0.4) is 0 Å². The molecule has 2 aromatic rings. The highest BCUT2D eigenvalue weighted by atomic mass is 79.9. The number of piperidine rings is 1. The molecule has 126 valence electrons. The SMILES string of the molecule is O=C(O)C1CCCN(C(c2ccc(F)cc2)c2ccc(Br)cc2)C1. The number of carboxylic acids is 1. The van der Waals surface area contributed by atoms with E-state index in [1.54, 1.807) is 12.1 Å².